The van der Waals surface area contributed by atoms with E-state index in [4.69, 9.17) is 4.74 Å². The molecule has 4 heteroatoms. The van der Waals surface area contributed by atoms with Gasteiger partial charge in [0, 0.05) is 11.6 Å². The molecule has 0 radical (unpaired) electrons. The highest BCUT2D eigenvalue weighted by Crippen LogP contribution is 2.13. The van der Waals surface area contributed by atoms with Crippen molar-refractivity contribution in [1.29, 1.82) is 0 Å². The molecule has 0 spiro atoms. The zero-order valence-electron chi connectivity index (χ0n) is 20.9. The van der Waals surface area contributed by atoms with Crippen LogP contribution in [-0.2, 0) is 19.1 Å². The van der Waals surface area contributed by atoms with Gasteiger partial charge in [-0.2, -0.15) is 0 Å². The van der Waals surface area contributed by atoms with Gasteiger partial charge < -0.3 is 9.47 Å². The molecule has 0 atom stereocenters. The molecule has 0 aliphatic rings. The Balaban J connectivity index is 0. The summed E-state index contributed by atoms with van der Waals surface area (Å²) in [4.78, 5) is 21.3. The number of unbranched alkanes of at least 4 members (excludes halogenated alkanes) is 15. The molecule has 0 aliphatic carbocycles. The van der Waals surface area contributed by atoms with Gasteiger partial charge in [0.05, 0.1) is 13.2 Å². The van der Waals surface area contributed by atoms with E-state index in [1.807, 2.05) is 0 Å². The summed E-state index contributed by atoms with van der Waals surface area (Å²) in [5, 5.41) is 0. The number of hydrogen-bond acceptors (Lipinski definition) is 4. The average molecular weight is 439 g/mol. The van der Waals surface area contributed by atoms with Crippen LogP contribution in [0, 0.1) is 0 Å². The molecule has 0 saturated heterocycles. The summed E-state index contributed by atoms with van der Waals surface area (Å²) < 4.78 is 9.52. The topological polar surface area (TPSA) is 52.6 Å². The van der Waals surface area contributed by atoms with Crippen molar-refractivity contribution in [3.8, 4) is 0 Å². The fourth-order valence-electron chi connectivity index (χ4n) is 3.14. The summed E-state index contributed by atoms with van der Waals surface area (Å²) in [5.41, 5.74) is 0.451. The van der Waals surface area contributed by atoms with Crippen LogP contribution in [0.3, 0.4) is 0 Å². The number of carbonyl (C=O) groups is 2. The summed E-state index contributed by atoms with van der Waals surface area (Å²) in [7, 11) is 0. The lowest BCUT2D eigenvalue weighted by Crippen LogP contribution is -2.03. The largest absolute Gasteiger partial charge is 0.463 e. The highest BCUT2D eigenvalue weighted by atomic mass is 16.5. The van der Waals surface area contributed by atoms with Crippen molar-refractivity contribution < 1.29 is 19.1 Å². The average Bonchev–Trinajstić information content (AvgIpc) is 2.76. The molecule has 0 heterocycles. The molecule has 0 unspecified atom stereocenters. The Hall–Kier alpha value is -1.58. The molecular weight excluding hydrogens is 388 g/mol. The lowest BCUT2D eigenvalue weighted by molar-refractivity contribution is -0.139. The van der Waals surface area contributed by atoms with Crippen LogP contribution >= 0.6 is 0 Å². The summed E-state index contributed by atoms with van der Waals surface area (Å²) >= 11 is 0. The molecule has 0 bridgehead atoms. The molecule has 0 rings (SSSR count). The molecule has 182 valence electrons. The van der Waals surface area contributed by atoms with E-state index in [0.29, 0.717) is 18.8 Å². The first-order valence-corrected chi connectivity index (χ1v) is 12.6. The van der Waals surface area contributed by atoms with Gasteiger partial charge in [0.1, 0.15) is 0 Å². The highest BCUT2D eigenvalue weighted by Gasteiger charge is 1.98. The number of carbonyl (C=O) groups excluding carboxylic acids is 2. The Labute approximate surface area is 192 Å². The van der Waals surface area contributed by atoms with E-state index in [1.54, 1.807) is 13.8 Å². The van der Waals surface area contributed by atoms with Gasteiger partial charge in [0.15, 0.2) is 0 Å². The number of hydrogen-bond donors (Lipinski definition) is 0. The fourth-order valence-corrected chi connectivity index (χ4v) is 3.14. The van der Waals surface area contributed by atoms with E-state index >= 15 is 0 Å². The fraction of sp³-hybridized carbons (Fsp3) is 0.778. The molecular formula is C27H50O4. The third-order valence-corrected chi connectivity index (χ3v) is 5.03. The van der Waals surface area contributed by atoms with Crippen LogP contribution < -0.4 is 0 Å². The molecule has 0 aromatic rings. The van der Waals surface area contributed by atoms with Crippen molar-refractivity contribution >= 4 is 11.9 Å². The minimum atomic E-state index is -0.312. The maximum Gasteiger partial charge on any atom is 0.333 e. The minimum Gasteiger partial charge on any atom is -0.463 e. The first-order valence-electron chi connectivity index (χ1n) is 12.6. The summed E-state index contributed by atoms with van der Waals surface area (Å²) in [6.45, 7) is 13.4. The van der Waals surface area contributed by atoms with E-state index in [-0.39, 0.29) is 11.9 Å². The summed E-state index contributed by atoms with van der Waals surface area (Å²) in [5.74, 6) is -0.613. The second-order valence-corrected chi connectivity index (χ2v) is 8.18. The zero-order chi connectivity index (χ0) is 23.6. The monoisotopic (exact) mass is 438 g/mol. The quantitative estimate of drug-likeness (QED) is 0.109. The summed E-state index contributed by atoms with van der Waals surface area (Å²) in [6.07, 6.45) is 23.0. The Morgan fingerprint density at radius 1 is 0.677 bits per heavy atom. The highest BCUT2D eigenvalue weighted by molar-refractivity contribution is 5.86. The van der Waals surface area contributed by atoms with Gasteiger partial charge in [-0.3, -0.25) is 0 Å². The van der Waals surface area contributed by atoms with Gasteiger partial charge in [-0.25, -0.2) is 9.59 Å². The van der Waals surface area contributed by atoms with Crippen LogP contribution in [0.15, 0.2) is 24.8 Å². The van der Waals surface area contributed by atoms with Crippen molar-refractivity contribution in [2.75, 3.05) is 13.2 Å². The molecule has 0 amide bonds. The van der Waals surface area contributed by atoms with Crippen molar-refractivity contribution in [1.82, 2.24) is 0 Å². The molecule has 0 fully saturated rings. The first-order chi connectivity index (χ1) is 15.0. The van der Waals surface area contributed by atoms with Crippen molar-refractivity contribution in [3.63, 3.8) is 0 Å². The standard InChI is InChI=1S/C21H40O2.C6H10O2/c1-3-5-6-7-8-9-10-11-12-13-14-15-16-17-18-19-20-23-21(22)4-2;1-4-8-6(7)5(2)3/h4H,2-3,5-20H2,1H3;2,4H2,1,3H3. The smallest absolute Gasteiger partial charge is 0.333 e. The second kappa shape index (κ2) is 26.5. The number of rotatable bonds is 20. The van der Waals surface area contributed by atoms with Gasteiger partial charge in [-0.05, 0) is 20.3 Å². The third-order valence-electron chi connectivity index (χ3n) is 5.03. The van der Waals surface area contributed by atoms with Crippen LogP contribution in [0.2, 0.25) is 0 Å². The third kappa shape index (κ3) is 28.4. The molecule has 0 aromatic heterocycles. The lowest BCUT2D eigenvalue weighted by atomic mass is 10.0. The van der Waals surface area contributed by atoms with E-state index in [9.17, 15) is 9.59 Å². The molecule has 0 saturated carbocycles. The van der Waals surface area contributed by atoms with Crippen LogP contribution in [0.4, 0.5) is 0 Å². The van der Waals surface area contributed by atoms with E-state index in [0.717, 1.165) is 6.42 Å². The predicted molar refractivity (Wildman–Crippen MR) is 132 cm³/mol. The van der Waals surface area contributed by atoms with Crippen molar-refractivity contribution in [3.05, 3.63) is 24.8 Å². The van der Waals surface area contributed by atoms with Crippen LogP contribution in [-0.4, -0.2) is 25.2 Å². The van der Waals surface area contributed by atoms with Crippen molar-refractivity contribution in [2.45, 2.75) is 124 Å². The molecule has 31 heavy (non-hydrogen) atoms. The molecule has 0 N–H and O–H groups in total. The van der Waals surface area contributed by atoms with Crippen LogP contribution in [0.25, 0.3) is 0 Å². The maximum atomic E-state index is 10.8. The van der Waals surface area contributed by atoms with Crippen LogP contribution in [0.1, 0.15) is 124 Å². The number of ether oxygens (including phenoxy) is 2. The zero-order valence-corrected chi connectivity index (χ0v) is 20.9. The van der Waals surface area contributed by atoms with E-state index in [1.165, 1.54) is 102 Å². The van der Waals surface area contributed by atoms with Gasteiger partial charge in [-0.15, -0.1) is 0 Å². The normalized spacial score (nSPS) is 10.0. The van der Waals surface area contributed by atoms with Crippen molar-refractivity contribution in [2.24, 2.45) is 0 Å². The minimum absolute atomic E-state index is 0.300. The Morgan fingerprint density at radius 3 is 1.35 bits per heavy atom. The van der Waals surface area contributed by atoms with E-state index in [2.05, 4.69) is 24.8 Å². The predicted octanol–water partition coefficient (Wildman–Crippen LogP) is 8.10. The van der Waals surface area contributed by atoms with Gasteiger partial charge in [0.2, 0.25) is 0 Å². The van der Waals surface area contributed by atoms with Crippen LogP contribution in [0.5, 0.6) is 0 Å². The van der Waals surface area contributed by atoms with Gasteiger partial charge in [0.25, 0.3) is 0 Å². The SMILES string of the molecule is C=C(C)C(=O)OCC.C=CC(=O)OCCCCCCCCCCCCCCCCCC. The summed E-state index contributed by atoms with van der Waals surface area (Å²) in [6, 6.07) is 0. The lowest BCUT2D eigenvalue weighted by Gasteiger charge is -2.04. The molecule has 4 nitrogen and oxygen atoms in total. The second-order valence-electron chi connectivity index (χ2n) is 8.18. The Morgan fingerprint density at radius 2 is 1.06 bits per heavy atom. The van der Waals surface area contributed by atoms with Gasteiger partial charge >= 0.3 is 11.9 Å². The van der Waals surface area contributed by atoms with E-state index < -0.39 is 0 Å². The Kier molecular flexibility index (Phi) is 27.0. The Bertz CT molecular complexity index is 443. The van der Waals surface area contributed by atoms with Gasteiger partial charge in [-0.1, -0.05) is 116 Å². The maximum absolute atomic E-state index is 10.8. The number of esters is 2. The molecule has 0 aromatic carbocycles. The first kappa shape index (κ1) is 31.6. The molecule has 0 aliphatic heterocycles.